The van der Waals surface area contributed by atoms with Crippen LogP contribution in [0.3, 0.4) is 0 Å². The fourth-order valence-corrected chi connectivity index (χ4v) is 2.07. The molecule has 0 fully saturated rings. The molecule has 0 radical (unpaired) electrons. The quantitative estimate of drug-likeness (QED) is 0.839. The van der Waals surface area contributed by atoms with Gasteiger partial charge >= 0.3 is 5.97 Å². The minimum Gasteiger partial charge on any atom is -0.496 e. The van der Waals surface area contributed by atoms with E-state index in [2.05, 4.69) is 10.9 Å². The van der Waals surface area contributed by atoms with Crippen LogP contribution in [0.1, 0.15) is 0 Å². The van der Waals surface area contributed by atoms with Crippen molar-refractivity contribution in [1.29, 1.82) is 0 Å². The first-order chi connectivity index (χ1) is 9.67. The minimum atomic E-state index is -0.957. The predicted octanol–water partition coefficient (Wildman–Crippen LogP) is 1.77. The second-order valence-electron chi connectivity index (χ2n) is 4.14. The molecule has 1 heterocycles. The van der Waals surface area contributed by atoms with Gasteiger partial charge in [-0.15, -0.1) is 6.42 Å². The van der Waals surface area contributed by atoms with E-state index in [9.17, 15) is 4.79 Å². The predicted molar refractivity (Wildman–Crippen MR) is 77.0 cm³/mol. The van der Waals surface area contributed by atoms with E-state index < -0.39 is 5.97 Å². The number of carboxylic acid groups (broad SMARTS) is 1. The second kappa shape index (κ2) is 5.93. The van der Waals surface area contributed by atoms with Crippen molar-refractivity contribution in [3.63, 3.8) is 0 Å². The number of aliphatic carboxylic acids is 1. The van der Waals surface area contributed by atoms with E-state index in [4.69, 9.17) is 16.3 Å². The van der Waals surface area contributed by atoms with Gasteiger partial charge in [0.05, 0.1) is 13.7 Å². The highest BCUT2D eigenvalue weighted by Crippen LogP contribution is 2.30. The molecule has 0 aliphatic heterocycles. The van der Waals surface area contributed by atoms with Crippen LogP contribution in [-0.4, -0.2) is 36.3 Å². The lowest BCUT2D eigenvalue weighted by Gasteiger charge is -2.21. The summed E-state index contributed by atoms with van der Waals surface area (Å²) in [5.74, 6) is 2.75. The van der Waals surface area contributed by atoms with Crippen LogP contribution in [0.15, 0.2) is 30.5 Å². The number of nitrogens with zero attached hydrogens (tertiary/aromatic N) is 2. The molecule has 0 spiro atoms. The number of aromatic nitrogens is 1. The fraction of sp³-hybridized carbons (Fsp3) is 0.200. The van der Waals surface area contributed by atoms with Gasteiger partial charge in [0.15, 0.2) is 0 Å². The lowest BCUT2D eigenvalue weighted by Crippen LogP contribution is -2.30. The molecule has 1 aromatic heterocycles. The van der Waals surface area contributed by atoms with Crippen molar-refractivity contribution < 1.29 is 14.6 Å². The topological polar surface area (TPSA) is 62.7 Å². The first-order valence-corrected chi connectivity index (χ1v) is 5.99. The Hall–Kier alpha value is -2.74. The van der Waals surface area contributed by atoms with Crippen LogP contribution in [-0.2, 0) is 4.79 Å². The minimum absolute atomic E-state index is 0.176. The summed E-state index contributed by atoms with van der Waals surface area (Å²) >= 11 is 0. The highest BCUT2D eigenvalue weighted by Gasteiger charge is 2.15. The molecule has 0 aliphatic rings. The van der Waals surface area contributed by atoms with Crippen LogP contribution < -0.4 is 9.64 Å². The molecule has 0 atom stereocenters. The van der Waals surface area contributed by atoms with Gasteiger partial charge in [-0.25, -0.2) is 4.98 Å². The lowest BCUT2D eigenvalue weighted by atomic mass is 10.1. The van der Waals surface area contributed by atoms with Crippen molar-refractivity contribution in [3.8, 4) is 18.1 Å². The largest absolute Gasteiger partial charge is 0.496 e. The molecular weight excluding hydrogens is 256 g/mol. The normalized spacial score (nSPS) is 10.0. The summed E-state index contributed by atoms with van der Waals surface area (Å²) in [7, 11) is 1.59. The van der Waals surface area contributed by atoms with Crippen molar-refractivity contribution in [2.24, 2.45) is 0 Å². The molecule has 0 bridgehead atoms. The van der Waals surface area contributed by atoms with Crippen LogP contribution >= 0.6 is 0 Å². The molecule has 102 valence electrons. The van der Waals surface area contributed by atoms with E-state index in [0.717, 1.165) is 10.8 Å². The highest BCUT2D eigenvalue weighted by atomic mass is 16.5. The SMILES string of the molecule is C#CCN(CC(=O)O)c1nccc2c(OC)cccc12. The monoisotopic (exact) mass is 270 g/mol. The highest BCUT2D eigenvalue weighted by molar-refractivity contribution is 5.97. The number of rotatable bonds is 5. The van der Waals surface area contributed by atoms with Crippen molar-refractivity contribution in [2.45, 2.75) is 0 Å². The number of benzene rings is 1. The number of ether oxygens (including phenoxy) is 1. The first-order valence-electron chi connectivity index (χ1n) is 5.99. The Kier molecular flexibility index (Phi) is 4.06. The van der Waals surface area contributed by atoms with Gasteiger partial charge < -0.3 is 14.7 Å². The number of hydrogen-bond acceptors (Lipinski definition) is 4. The summed E-state index contributed by atoms with van der Waals surface area (Å²) in [5, 5.41) is 10.7. The van der Waals surface area contributed by atoms with E-state index in [0.29, 0.717) is 11.6 Å². The molecule has 2 aromatic rings. The number of carboxylic acids is 1. The van der Waals surface area contributed by atoms with Gasteiger partial charge in [-0.3, -0.25) is 4.79 Å². The van der Waals surface area contributed by atoms with Crippen LogP contribution in [0.5, 0.6) is 5.75 Å². The summed E-state index contributed by atoms with van der Waals surface area (Å²) in [6.45, 7) is -0.0247. The van der Waals surface area contributed by atoms with E-state index in [1.54, 1.807) is 18.2 Å². The molecule has 0 unspecified atom stereocenters. The standard InChI is InChI=1S/C15H14N2O3/c1-3-9-17(10-14(18)19)15-12-5-4-6-13(20-2)11(12)7-8-16-15/h1,4-8H,9-10H2,2H3,(H,18,19). The number of methoxy groups -OCH3 is 1. The lowest BCUT2D eigenvalue weighted by molar-refractivity contribution is -0.135. The maximum atomic E-state index is 11.0. The Morgan fingerprint density at radius 1 is 1.45 bits per heavy atom. The van der Waals surface area contributed by atoms with E-state index in [-0.39, 0.29) is 13.1 Å². The molecule has 1 aromatic carbocycles. The van der Waals surface area contributed by atoms with Gasteiger partial charge in [0.1, 0.15) is 18.1 Å². The van der Waals surface area contributed by atoms with Crippen LogP contribution in [0, 0.1) is 12.3 Å². The molecule has 20 heavy (non-hydrogen) atoms. The molecule has 1 N–H and O–H groups in total. The van der Waals surface area contributed by atoms with E-state index in [1.165, 1.54) is 0 Å². The molecule has 2 rings (SSSR count). The summed E-state index contributed by atoms with van der Waals surface area (Å²) < 4.78 is 5.30. The van der Waals surface area contributed by atoms with Crippen molar-refractivity contribution in [3.05, 3.63) is 30.5 Å². The zero-order chi connectivity index (χ0) is 14.5. The summed E-state index contributed by atoms with van der Waals surface area (Å²) in [5.41, 5.74) is 0. The average Bonchev–Trinajstić information content (AvgIpc) is 2.45. The van der Waals surface area contributed by atoms with Gasteiger partial charge in [0, 0.05) is 17.0 Å². The molecular formula is C15H14N2O3. The number of pyridine rings is 1. The average molecular weight is 270 g/mol. The third-order valence-corrected chi connectivity index (χ3v) is 2.87. The third-order valence-electron chi connectivity index (χ3n) is 2.87. The van der Waals surface area contributed by atoms with E-state index >= 15 is 0 Å². The third kappa shape index (κ3) is 2.64. The van der Waals surface area contributed by atoms with Crippen molar-refractivity contribution in [2.75, 3.05) is 25.1 Å². The summed E-state index contributed by atoms with van der Waals surface area (Å²) in [4.78, 5) is 16.8. The summed E-state index contributed by atoms with van der Waals surface area (Å²) in [6.07, 6.45) is 6.92. The smallest absolute Gasteiger partial charge is 0.323 e. The molecule has 0 aliphatic carbocycles. The molecule has 5 heteroatoms. The number of terminal acetylenes is 1. The Morgan fingerprint density at radius 2 is 2.25 bits per heavy atom. The van der Waals surface area contributed by atoms with Gasteiger partial charge in [0.2, 0.25) is 0 Å². The van der Waals surface area contributed by atoms with Gasteiger partial charge in [-0.1, -0.05) is 18.1 Å². The Morgan fingerprint density at radius 3 is 2.90 bits per heavy atom. The molecule has 0 amide bonds. The second-order valence-corrected chi connectivity index (χ2v) is 4.14. The molecule has 0 saturated carbocycles. The Bertz CT molecular complexity index is 676. The summed E-state index contributed by atoms with van der Waals surface area (Å²) in [6, 6.07) is 7.37. The van der Waals surface area contributed by atoms with Gasteiger partial charge in [0.25, 0.3) is 0 Å². The van der Waals surface area contributed by atoms with Crippen LogP contribution in [0.2, 0.25) is 0 Å². The zero-order valence-electron chi connectivity index (χ0n) is 11.0. The van der Waals surface area contributed by atoms with Crippen LogP contribution in [0.25, 0.3) is 10.8 Å². The maximum Gasteiger partial charge on any atom is 0.323 e. The Balaban J connectivity index is 2.58. The van der Waals surface area contributed by atoms with E-state index in [1.807, 2.05) is 24.3 Å². The maximum absolute atomic E-state index is 11.0. The molecule has 5 nitrogen and oxygen atoms in total. The fourth-order valence-electron chi connectivity index (χ4n) is 2.07. The van der Waals surface area contributed by atoms with Crippen LogP contribution in [0.4, 0.5) is 5.82 Å². The van der Waals surface area contributed by atoms with Crippen molar-refractivity contribution in [1.82, 2.24) is 4.98 Å². The van der Waals surface area contributed by atoms with Gasteiger partial charge in [-0.2, -0.15) is 0 Å². The number of hydrogen-bond donors (Lipinski definition) is 1. The first kappa shape index (κ1) is 13.7. The number of anilines is 1. The number of carbonyl (C=O) groups is 1. The Labute approximate surface area is 116 Å². The molecule has 0 saturated heterocycles. The zero-order valence-corrected chi connectivity index (χ0v) is 11.0. The van der Waals surface area contributed by atoms with Crippen molar-refractivity contribution >= 4 is 22.6 Å². The van der Waals surface area contributed by atoms with Gasteiger partial charge in [-0.05, 0) is 12.1 Å². The number of fused-ring (bicyclic) bond motifs is 1.